The summed E-state index contributed by atoms with van der Waals surface area (Å²) in [7, 11) is 1.57. The molecule has 0 bridgehead atoms. The van der Waals surface area contributed by atoms with Gasteiger partial charge in [0.25, 0.3) is 5.56 Å². The van der Waals surface area contributed by atoms with Crippen molar-refractivity contribution in [1.82, 2.24) is 14.9 Å². The maximum Gasteiger partial charge on any atom is 0.251 e. The molecule has 0 spiro atoms. The molecule has 122 valence electrons. The van der Waals surface area contributed by atoms with E-state index in [1.54, 1.807) is 32.2 Å². The summed E-state index contributed by atoms with van der Waals surface area (Å²) in [5.41, 5.74) is 1.32. The van der Waals surface area contributed by atoms with E-state index in [0.717, 1.165) is 25.2 Å². The molecule has 0 saturated carbocycles. The minimum absolute atomic E-state index is 0.121. The van der Waals surface area contributed by atoms with E-state index in [1.807, 2.05) is 0 Å². The Morgan fingerprint density at radius 3 is 3.00 bits per heavy atom. The fourth-order valence-electron chi connectivity index (χ4n) is 3.07. The number of benzene rings is 1. The number of hydrogen-bond acceptors (Lipinski definition) is 4. The number of H-pyrrole nitrogens is 1. The van der Waals surface area contributed by atoms with Gasteiger partial charge in [-0.2, -0.15) is 0 Å². The van der Waals surface area contributed by atoms with Crippen molar-refractivity contribution in [1.29, 1.82) is 0 Å². The minimum Gasteiger partial charge on any atom is -0.497 e. The van der Waals surface area contributed by atoms with Crippen molar-refractivity contribution in [3.05, 3.63) is 57.5 Å². The van der Waals surface area contributed by atoms with Crippen LogP contribution in [-0.4, -0.2) is 35.1 Å². The lowest BCUT2D eigenvalue weighted by molar-refractivity contribution is 0.319. The van der Waals surface area contributed by atoms with Gasteiger partial charge in [0.2, 0.25) is 0 Å². The molecule has 1 aromatic carbocycles. The average Bonchev–Trinajstić information content (AvgIpc) is 2.97. The molecule has 1 fully saturated rings. The van der Waals surface area contributed by atoms with Crippen molar-refractivity contribution in [2.45, 2.75) is 25.8 Å². The zero-order valence-corrected chi connectivity index (χ0v) is 13.3. The molecular formula is C17H20FN3O2. The van der Waals surface area contributed by atoms with E-state index in [1.165, 1.54) is 6.07 Å². The van der Waals surface area contributed by atoms with Crippen molar-refractivity contribution in [3.63, 3.8) is 0 Å². The number of methoxy groups -OCH3 is 1. The number of aryl methyl sites for hydroxylation is 1. The summed E-state index contributed by atoms with van der Waals surface area (Å²) in [6, 6.07) is 6.35. The first-order chi connectivity index (χ1) is 11.0. The zero-order chi connectivity index (χ0) is 16.4. The van der Waals surface area contributed by atoms with Crippen LogP contribution < -0.4 is 10.3 Å². The first-order valence-corrected chi connectivity index (χ1v) is 7.68. The van der Waals surface area contributed by atoms with E-state index in [0.29, 0.717) is 23.7 Å². The van der Waals surface area contributed by atoms with Crippen LogP contribution in [0.4, 0.5) is 4.39 Å². The van der Waals surface area contributed by atoms with Crippen LogP contribution in [0.25, 0.3) is 0 Å². The predicted octanol–water partition coefficient (Wildman–Crippen LogP) is 2.22. The number of nitrogens with zero attached hydrogens (tertiary/aromatic N) is 2. The lowest BCUT2D eigenvalue weighted by Gasteiger charge is -2.17. The standard InChI is InChI=1S/C17H20FN3O2/c1-11-19-16(8-17(22)20-11)12-5-6-21(9-12)10-13-7-14(23-2)3-4-15(13)18/h3-4,7-8,12H,5-6,9-10H2,1-2H3,(H,19,20,22)/t12-/m1/s1. The Hall–Kier alpha value is -2.21. The Morgan fingerprint density at radius 2 is 2.26 bits per heavy atom. The predicted molar refractivity (Wildman–Crippen MR) is 85.2 cm³/mol. The molecule has 0 amide bonds. The number of aromatic nitrogens is 2. The Morgan fingerprint density at radius 1 is 1.43 bits per heavy atom. The summed E-state index contributed by atoms with van der Waals surface area (Å²) in [5, 5.41) is 0. The molecule has 1 N–H and O–H groups in total. The van der Waals surface area contributed by atoms with Gasteiger partial charge in [0.05, 0.1) is 12.8 Å². The van der Waals surface area contributed by atoms with Gasteiger partial charge in [-0.05, 0) is 38.1 Å². The van der Waals surface area contributed by atoms with E-state index < -0.39 is 0 Å². The largest absolute Gasteiger partial charge is 0.497 e. The summed E-state index contributed by atoms with van der Waals surface area (Å²) in [4.78, 5) is 20.9. The van der Waals surface area contributed by atoms with Gasteiger partial charge in [0.15, 0.2) is 0 Å². The Bertz CT molecular complexity index is 760. The molecule has 0 unspecified atom stereocenters. The smallest absolute Gasteiger partial charge is 0.251 e. The van der Waals surface area contributed by atoms with Gasteiger partial charge in [-0.25, -0.2) is 9.37 Å². The number of likely N-dealkylation sites (tertiary alicyclic amines) is 1. The minimum atomic E-state index is -0.223. The van der Waals surface area contributed by atoms with Crippen LogP contribution in [0.5, 0.6) is 5.75 Å². The number of hydrogen-bond donors (Lipinski definition) is 1. The summed E-state index contributed by atoms with van der Waals surface area (Å²) >= 11 is 0. The fourth-order valence-corrected chi connectivity index (χ4v) is 3.07. The third-order valence-corrected chi connectivity index (χ3v) is 4.22. The quantitative estimate of drug-likeness (QED) is 0.939. The second kappa shape index (κ2) is 6.50. The monoisotopic (exact) mass is 317 g/mol. The van der Waals surface area contributed by atoms with Gasteiger partial charge in [-0.3, -0.25) is 9.69 Å². The number of aromatic amines is 1. The molecule has 2 heterocycles. The van der Waals surface area contributed by atoms with Gasteiger partial charge < -0.3 is 9.72 Å². The van der Waals surface area contributed by atoms with Crippen molar-refractivity contribution in [2.75, 3.05) is 20.2 Å². The summed E-state index contributed by atoms with van der Waals surface area (Å²) in [6.07, 6.45) is 0.918. The molecule has 1 aliphatic heterocycles. The summed E-state index contributed by atoms with van der Waals surface area (Å²) in [6.45, 7) is 3.94. The van der Waals surface area contributed by atoms with Crippen LogP contribution in [0.2, 0.25) is 0 Å². The van der Waals surface area contributed by atoms with E-state index in [2.05, 4.69) is 14.9 Å². The number of rotatable bonds is 4. The van der Waals surface area contributed by atoms with Gasteiger partial charge in [0.1, 0.15) is 17.4 Å². The van der Waals surface area contributed by atoms with Crippen LogP contribution in [0, 0.1) is 12.7 Å². The highest BCUT2D eigenvalue weighted by molar-refractivity contribution is 5.30. The van der Waals surface area contributed by atoms with Gasteiger partial charge in [-0.15, -0.1) is 0 Å². The van der Waals surface area contributed by atoms with Crippen LogP contribution in [0.1, 0.15) is 29.4 Å². The number of halogens is 1. The van der Waals surface area contributed by atoms with E-state index in [4.69, 9.17) is 4.74 Å². The number of nitrogens with one attached hydrogen (secondary N) is 1. The molecule has 5 nitrogen and oxygen atoms in total. The molecule has 0 radical (unpaired) electrons. The SMILES string of the molecule is COc1ccc(F)c(CN2CC[C@@H](c3cc(=O)[nH]c(C)n3)C2)c1. The molecular weight excluding hydrogens is 297 g/mol. The lowest BCUT2D eigenvalue weighted by atomic mass is 10.0. The third-order valence-electron chi connectivity index (χ3n) is 4.22. The molecule has 23 heavy (non-hydrogen) atoms. The third kappa shape index (κ3) is 3.59. The first kappa shape index (κ1) is 15.7. The maximum atomic E-state index is 13.9. The van der Waals surface area contributed by atoms with E-state index >= 15 is 0 Å². The van der Waals surface area contributed by atoms with Gasteiger partial charge >= 0.3 is 0 Å². The molecule has 2 aromatic rings. The molecule has 6 heteroatoms. The fraction of sp³-hybridized carbons (Fsp3) is 0.412. The molecule has 1 aromatic heterocycles. The van der Waals surface area contributed by atoms with E-state index in [9.17, 15) is 9.18 Å². The van der Waals surface area contributed by atoms with Crippen LogP contribution >= 0.6 is 0 Å². The zero-order valence-electron chi connectivity index (χ0n) is 13.3. The molecule has 0 aliphatic carbocycles. The van der Waals surface area contributed by atoms with Crippen molar-refractivity contribution < 1.29 is 9.13 Å². The van der Waals surface area contributed by atoms with Crippen molar-refractivity contribution in [3.8, 4) is 5.75 Å². The van der Waals surface area contributed by atoms with Gasteiger partial charge in [-0.1, -0.05) is 0 Å². The maximum absolute atomic E-state index is 13.9. The van der Waals surface area contributed by atoms with Crippen LogP contribution in [0.3, 0.4) is 0 Å². The molecule has 1 saturated heterocycles. The lowest BCUT2D eigenvalue weighted by Crippen LogP contribution is -2.21. The van der Waals surface area contributed by atoms with Crippen LogP contribution in [0.15, 0.2) is 29.1 Å². The normalized spacial score (nSPS) is 18.3. The Balaban J connectivity index is 1.72. The topological polar surface area (TPSA) is 58.2 Å². The molecule has 1 atom stereocenters. The first-order valence-electron chi connectivity index (χ1n) is 7.68. The Labute approximate surface area is 134 Å². The molecule has 1 aliphatic rings. The van der Waals surface area contributed by atoms with Gasteiger partial charge in [0, 0.05) is 30.6 Å². The second-order valence-corrected chi connectivity index (χ2v) is 5.93. The molecule has 3 rings (SSSR count). The summed E-state index contributed by atoms with van der Waals surface area (Å²) in [5.74, 6) is 1.28. The Kier molecular flexibility index (Phi) is 4.43. The highest BCUT2D eigenvalue weighted by Crippen LogP contribution is 2.27. The average molecular weight is 317 g/mol. The second-order valence-electron chi connectivity index (χ2n) is 5.93. The van der Waals surface area contributed by atoms with E-state index in [-0.39, 0.29) is 17.3 Å². The summed E-state index contributed by atoms with van der Waals surface area (Å²) < 4.78 is 19.1. The van der Waals surface area contributed by atoms with Crippen molar-refractivity contribution >= 4 is 0 Å². The highest BCUT2D eigenvalue weighted by atomic mass is 19.1. The van der Waals surface area contributed by atoms with Crippen LogP contribution in [-0.2, 0) is 6.54 Å². The highest BCUT2D eigenvalue weighted by Gasteiger charge is 2.26. The number of ether oxygens (including phenoxy) is 1. The van der Waals surface area contributed by atoms with Crippen molar-refractivity contribution in [2.24, 2.45) is 0 Å².